The summed E-state index contributed by atoms with van der Waals surface area (Å²) in [5.41, 5.74) is 3.64. The number of amides is 1. The van der Waals surface area contributed by atoms with Gasteiger partial charge >= 0.3 is 0 Å². The van der Waals surface area contributed by atoms with Crippen LogP contribution < -0.4 is 14.8 Å². The van der Waals surface area contributed by atoms with Crippen molar-refractivity contribution in [2.24, 2.45) is 0 Å². The molecule has 7 heteroatoms. The fourth-order valence-electron chi connectivity index (χ4n) is 3.53. The first-order valence-corrected chi connectivity index (χ1v) is 12.6. The summed E-state index contributed by atoms with van der Waals surface area (Å²) in [5, 5.41) is 3.99. The highest BCUT2D eigenvalue weighted by atomic mass is 32.2. The zero-order chi connectivity index (χ0) is 23.1. The summed E-state index contributed by atoms with van der Waals surface area (Å²) >= 11 is 3.13. The van der Waals surface area contributed by atoms with Gasteiger partial charge < -0.3 is 14.8 Å². The first kappa shape index (κ1) is 24.0. The van der Waals surface area contributed by atoms with Gasteiger partial charge in [0.1, 0.15) is 5.03 Å². The molecular formula is C25H28N2O3S2. The molecule has 0 bridgehead atoms. The number of hydrogen-bond donors (Lipinski definition) is 1. The number of carbonyl (C=O) groups is 1. The number of aryl methyl sites for hydroxylation is 1. The number of aromatic nitrogens is 1. The van der Waals surface area contributed by atoms with E-state index in [1.54, 1.807) is 26.0 Å². The maximum absolute atomic E-state index is 13.7. The Labute approximate surface area is 198 Å². The number of carbonyl (C=O) groups excluding carboxylic acids is 1. The number of nitrogens with one attached hydrogen (secondary N) is 1. The SMILES string of the molecule is COc1ccc(C(Cc2ccccc2)C(=O)Nc2c(SC)cc(C)nc2SC)cc1OC. The van der Waals surface area contributed by atoms with E-state index >= 15 is 0 Å². The molecule has 1 N–H and O–H groups in total. The van der Waals surface area contributed by atoms with Crippen LogP contribution >= 0.6 is 23.5 Å². The minimum Gasteiger partial charge on any atom is -0.493 e. The molecule has 168 valence electrons. The second-order valence-electron chi connectivity index (χ2n) is 7.20. The van der Waals surface area contributed by atoms with Gasteiger partial charge in [-0.1, -0.05) is 36.4 Å². The molecule has 3 aromatic rings. The Kier molecular flexibility index (Phi) is 8.47. The summed E-state index contributed by atoms with van der Waals surface area (Å²) in [7, 11) is 3.20. The Balaban J connectivity index is 2.02. The third-order valence-corrected chi connectivity index (χ3v) is 6.59. The number of nitrogens with zero attached hydrogens (tertiary/aromatic N) is 1. The molecule has 0 saturated carbocycles. The first-order valence-electron chi connectivity index (χ1n) is 10.2. The van der Waals surface area contributed by atoms with Gasteiger partial charge in [0.05, 0.1) is 25.8 Å². The molecule has 1 heterocycles. The van der Waals surface area contributed by atoms with E-state index in [9.17, 15) is 4.79 Å². The van der Waals surface area contributed by atoms with Crippen LogP contribution in [-0.2, 0) is 11.2 Å². The van der Waals surface area contributed by atoms with Crippen LogP contribution in [0.1, 0.15) is 22.7 Å². The molecule has 1 aromatic heterocycles. The zero-order valence-electron chi connectivity index (χ0n) is 19.0. The van der Waals surface area contributed by atoms with Gasteiger partial charge in [0.2, 0.25) is 5.91 Å². The van der Waals surface area contributed by atoms with E-state index in [0.717, 1.165) is 32.4 Å². The Hall–Kier alpha value is -2.64. The highest BCUT2D eigenvalue weighted by Gasteiger charge is 2.25. The first-order chi connectivity index (χ1) is 15.5. The molecule has 0 aliphatic carbocycles. The number of methoxy groups -OCH3 is 2. The number of anilines is 1. The van der Waals surface area contributed by atoms with Crippen LogP contribution in [0.15, 0.2) is 64.5 Å². The van der Waals surface area contributed by atoms with Crippen molar-refractivity contribution >= 4 is 35.1 Å². The van der Waals surface area contributed by atoms with Crippen molar-refractivity contribution in [1.29, 1.82) is 0 Å². The summed E-state index contributed by atoms with van der Waals surface area (Å²) < 4.78 is 10.9. The lowest BCUT2D eigenvalue weighted by Gasteiger charge is -2.21. The Morgan fingerprint density at radius 1 is 1.00 bits per heavy atom. The average molecular weight is 469 g/mol. The number of thioether (sulfide) groups is 2. The summed E-state index contributed by atoms with van der Waals surface area (Å²) in [6, 6.07) is 17.7. The minimum absolute atomic E-state index is 0.0858. The molecule has 1 atom stereocenters. The predicted molar refractivity (Wildman–Crippen MR) is 134 cm³/mol. The monoisotopic (exact) mass is 468 g/mol. The van der Waals surface area contributed by atoms with Gasteiger partial charge in [-0.15, -0.1) is 23.5 Å². The number of rotatable bonds is 9. The summed E-state index contributed by atoms with van der Waals surface area (Å²) in [6.45, 7) is 1.97. The third-order valence-electron chi connectivity index (χ3n) is 5.15. The molecule has 5 nitrogen and oxygen atoms in total. The van der Waals surface area contributed by atoms with Crippen molar-refractivity contribution in [3.8, 4) is 11.5 Å². The molecule has 0 saturated heterocycles. The molecule has 0 aliphatic rings. The fourth-order valence-corrected chi connectivity index (χ4v) is 4.84. The standard InChI is InChI=1S/C25H28N2O3S2/c1-16-13-22(31-4)23(25(26-16)32-5)27-24(28)19(14-17-9-7-6-8-10-17)18-11-12-20(29-2)21(15-18)30-3/h6-13,15,19H,14H2,1-5H3,(H,27,28). The maximum Gasteiger partial charge on any atom is 0.232 e. The minimum atomic E-state index is -0.414. The van der Waals surface area contributed by atoms with Gasteiger partial charge in [-0.3, -0.25) is 4.79 Å². The largest absolute Gasteiger partial charge is 0.493 e. The quantitative estimate of drug-likeness (QED) is 0.400. The lowest BCUT2D eigenvalue weighted by Crippen LogP contribution is -2.24. The number of benzene rings is 2. The van der Waals surface area contributed by atoms with Crippen LogP contribution in [-0.4, -0.2) is 37.6 Å². The second-order valence-corrected chi connectivity index (χ2v) is 8.84. The molecule has 0 fully saturated rings. The fraction of sp³-hybridized carbons (Fsp3) is 0.280. The summed E-state index contributed by atoms with van der Waals surface area (Å²) in [4.78, 5) is 19.3. The van der Waals surface area contributed by atoms with Gasteiger partial charge in [0.15, 0.2) is 11.5 Å². The van der Waals surface area contributed by atoms with Crippen LogP contribution in [0.3, 0.4) is 0 Å². The van der Waals surface area contributed by atoms with Crippen molar-refractivity contribution < 1.29 is 14.3 Å². The van der Waals surface area contributed by atoms with Crippen molar-refractivity contribution in [2.75, 3.05) is 32.0 Å². The molecule has 0 radical (unpaired) electrons. The van der Waals surface area contributed by atoms with Crippen LogP contribution in [0.2, 0.25) is 0 Å². The van der Waals surface area contributed by atoms with E-state index in [0.29, 0.717) is 17.9 Å². The van der Waals surface area contributed by atoms with Gasteiger partial charge in [-0.2, -0.15) is 0 Å². The van der Waals surface area contributed by atoms with Crippen LogP contribution in [0.4, 0.5) is 5.69 Å². The molecule has 0 aliphatic heterocycles. The number of pyridine rings is 1. The smallest absolute Gasteiger partial charge is 0.232 e. The Morgan fingerprint density at radius 3 is 2.34 bits per heavy atom. The second kappa shape index (κ2) is 11.3. The van der Waals surface area contributed by atoms with E-state index in [2.05, 4.69) is 10.3 Å². The van der Waals surface area contributed by atoms with Gasteiger partial charge in [-0.25, -0.2) is 4.98 Å². The summed E-state index contributed by atoms with van der Waals surface area (Å²) in [6.07, 6.45) is 4.53. The number of ether oxygens (including phenoxy) is 2. The van der Waals surface area contributed by atoms with Crippen LogP contribution in [0.5, 0.6) is 11.5 Å². The average Bonchev–Trinajstić information content (AvgIpc) is 2.83. The zero-order valence-corrected chi connectivity index (χ0v) is 20.6. The Morgan fingerprint density at radius 2 is 1.72 bits per heavy atom. The van der Waals surface area contributed by atoms with Gasteiger partial charge in [-0.05, 0) is 55.2 Å². The van der Waals surface area contributed by atoms with Gasteiger partial charge in [0, 0.05) is 10.6 Å². The molecule has 32 heavy (non-hydrogen) atoms. The lowest BCUT2D eigenvalue weighted by atomic mass is 9.90. The Bertz CT molecular complexity index is 1050. The molecule has 3 rings (SSSR count). The summed E-state index contributed by atoms with van der Waals surface area (Å²) in [5.74, 6) is 0.731. The van der Waals surface area contributed by atoms with E-state index in [1.807, 2.05) is 74.0 Å². The molecule has 1 unspecified atom stereocenters. The topological polar surface area (TPSA) is 60.5 Å². The third kappa shape index (κ3) is 5.58. The predicted octanol–water partition coefficient (Wildman–Crippen LogP) is 5.82. The molecule has 2 aromatic carbocycles. The van der Waals surface area contributed by atoms with Crippen molar-refractivity contribution in [1.82, 2.24) is 4.98 Å². The van der Waals surface area contributed by atoms with E-state index in [-0.39, 0.29) is 5.91 Å². The van der Waals surface area contributed by atoms with Crippen LogP contribution in [0.25, 0.3) is 0 Å². The lowest BCUT2D eigenvalue weighted by molar-refractivity contribution is -0.117. The van der Waals surface area contributed by atoms with Crippen molar-refractivity contribution in [2.45, 2.75) is 29.2 Å². The molecule has 1 amide bonds. The van der Waals surface area contributed by atoms with E-state index < -0.39 is 5.92 Å². The van der Waals surface area contributed by atoms with Gasteiger partial charge in [0.25, 0.3) is 0 Å². The van der Waals surface area contributed by atoms with Crippen molar-refractivity contribution in [3.05, 3.63) is 71.4 Å². The van der Waals surface area contributed by atoms with E-state index in [4.69, 9.17) is 9.47 Å². The number of hydrogen-bond acceptors (Lipinski definition) is 6. The van der Waals surface area contributed by atoms with Crippen molar-refractivity contribution in [3.63, 3.8) is 0 Å². The normalized spacial score (nSPS) is 11.7. The highest BCUT2D eigenvalue weighted by Crippen LogP contribution is 2.36. The van der Waals surface area contributed by atoms with E-state index in [1.165, 1.54) is 11.8 Å². The van der Waals surface area contributed by atoms with Crippen LogP contribution in [0, 0.1) is 6.92 Å². The molecule has 0 spiro atoms. The molecular weight excluding hydrogens is 440 g/mol. The maximum atomic E-state index is 13.7. The highest BCUT2D eigenvalue weighted by molar-refractivity contribution is 7.99.